The number of carbonyl (C=O) groups is 4. The molecule has 6 aliphatic rings. The van der Waals surface area contributed by atoms with Gasteiger partial charge in [-0.2, -0.15) is 0 Å². The number of alkyl carbamates (subject to hydrolysis) is 2. The first-order valence-electron chi connectivity index (χ1n) is 24.8. The highest BCUT2D eigenvalue weighted by Gasteiger charge is 2.56. The topological polar surface area (TPSA) is 193 Å². The number of H-pyrrole nitrogens is 2. The SMILES string of the molecule is COC(=O)N[C@H](C(=O)N1C2CC[C@@H](C2)[C@H]1c1ncc(-c2ccc(-c3ccc4cc(-c5cnc([C@@H]6CC7(CC7)CN6C[C@](C=O)(NC(=O)OC)C6CCOCC6)[nH]5)ccc4c3)cc2)[nH]1)C1CCOCC1. The number of nitrogens with zero attached hydrogens (tertiary/aromatic N) is 4. The number of benzene rings is 3. The summed E-state index contributed by atoms with van der Waals surface area (Å²) in [7, 11) is 2.66. The van der Waals surface area contributed by atoms with E-state index in [1.54, 1.807) is 0 Å². The second kappa shape index (κ2) is 18.7. The number of hydrogen-bond acceptors (Lipinski definition) is 11. The monoisotopic (exact) mass is 938 g/mol. The number of likely N-dealkylation sites (tertiary alicyclic amines) is 2. The van der Waals surface area contributed by atoms with Crippen molar-refractivity contribution in [1.29, 1.82) is 0 Å². The number of piperidine rings is 1. The van der Waals surface area contributed by atoms with Gasteiger partial charge in [0.15, 0.2) is 0 Å². The summed E-state index contributed by atoms with van der Waals surface area (Å²) in [5.74, 6) is 1.80. The lowest BCUT2D eigenvalue weighted by molar-refractivity contribution is -0.140. The lowest BCUT2D eigenvalue weighted by atomic mass is 9.79. The van der Waals surface area contributed by atoms with E-state index in [0.29, 0.717) is 64.6 Å². The van der Waals surface area contributed by atoms with Gasteiger partial charge < -0.3 is 49.2 Å². The molecule has 6 atom stereocenters. The van der Waals surface area contributed by atoms with Gasteiger partial charge in [0.05, 0.1) is 50.1 Å². The van der Waals surface area contributed by atoms with Crippen molar-refractivity contribution in [3.8, 4) is 33.6 Å². The van der Waals surface area contributed by atoms with Crippen molar-refractivity contribution in [3.63, 3.8) is 0 Å². The number of amides is 3. The zero-order valence-corrected chi connectivity index (χ0v) is 39.4. The van der Waals surface area contributed by atoms with E-state index in [4.69, 9.17) is 28.9 Å². The Hall–Kier alpha value is -6.10. The first-order chi connectivity index (χ1) is 33.6. The highest BCUT2D eigenvalue weighted by molar-refractivity contribution is 5.91. The van der Waals surface area contributed by atoms with Crippen LogP contribution in [0.25, 0.3) is 44.4 Å². The third-order valence-electron chi connectivity index (χ3n) is 16.5. The largest absolute Gasteiger partial charge is 0.453 e. The van der Waals surface area contributed by atoms with Crippen LogP contribution in [0.15, 0.2) is 73.1 Å². The van der Waals surface area contributed by atoms with Crippen molar-refractivity contribution in [3.05, 3.63) is 84.7 Å². The number of aromatic nitrogens is 4. The van der Waals surface area contributed by atoms with Crippen LogP contribution in [-0.2, 0) is 28.5 Å². The van der Waals surface area contributed by atoms with Gasteiger partial charge in [-0.3, -0.25) is 9.69 Å². The molecular weight excluding hydrogens is 877 g/mol. The highest BCUT2D eigenvalue weighted by atomic mass is 16.5. The van der Waals surface area contributed by atoms with Crippen molar-refractivity contribution < 1.29 is 38.1 Å². The van der Waals surface area contributed by atoms with Crippen molar-refractivity contribution in [2.75, 3.05) is 53.7 Å². The molecule has 2 bridgehead atoms. The van der Waals surface area contributed by atoms with E-state index in [-0.39, 0.29) is 41.3 Å². The summed E-state index contributed by atoms with van der Waals surface area (Å²) >= 11 is 0. The average Bonchev–Trinajstić information content (AvgIpc) is 4.03. The normalized spacial score (nSPS) is 24.8. The van der Waals surface area contributed by atoms with Gasteiger partial charge in [-0.15, -0.1) is 0 Å². The molecule has 5 aromatic rings. The van der Waals surface area contributed by atoms with Gasteiger partial charge in [0.1, 0.15) is 29.5 Å². The fourth-order valence-electron chi connectivity index (χ4n) is 12.5. The predicted octanol–water partition coefficient (Wildman–Crippen LogP) is 7.74. The minimum Gasteiger partial charge on any atom is -0.453 e. The molecule has 16 nitrogen and oxygen atoms in total. The van der Waals surface area contributed by atoms with E-state index in [1.165, 1.54) is 14.2 Å². The number of carbonyl (C=O) groups excluding carboxylic acids is 4. The van der Waals surface area contributed by atoms with E-state index < -0.39 is 23.8 Å². The van der Waals surface area contributed by atoms with Crippen LogP contribution in [0.5, 0.6) is 0 Å². The van der Waals surface area contributed by atoms with E-state index in [1.807, 2.05) is 17.3 Å². The van der Waals surface area contributed by atoms with Gasteiger partial charge in [-0.05, 0) is 127 Å². The lowest BCUT2D eigenvalue weighted by Crippen LogP contribution is -2.62. The second-order valence-electron chi connectivity index (χ2n) is 20.5. The molecule has 2 aliphatic carbocycles. The van der Waals surface area contributed by atoms with Crippen LogP contribution < -0.4 is 10.6 Å². The molecule has 1 unspecified atom stereocenters. The average molecular weight is 939 g/mol. The molecule has 362 valence electrons. The number of ether oxygens (including phenoxy) is 4. The lowest BCUT2D eigenvalue weighted by Gasteiger charge is -2.42. The van der Waals surface area contributed by atoms with Gasteiger partial charge in [0.2, 0.25) is 5.91 Å². The summed E-state index contributed by atoms with van der Waals surface area (Å²) in [6.45, 7) is 3.47. The van der Waals surface area contributed by atoms with Crippen LogP contribution >= 0.6 is 0 Å². The number of aldehydes is 1. The third kappa shape index (κ3) is 8.80. The van der Waals surface area contributed by atoms with E-state index in [9.17, 15) is 19.2 Å². The molecule has 1 spiro atoms. The minimum absolute atomic E-state index is 0.0217. The summed E-state index contributed by atoms with van der Waals surface area (Å²) < 4.78 is 21.2. The summed E-state index contributed by atoms with van der Waals surface area (Å²) in [5.41, 5.74) is 5.17. The number of methoxy groups -OCH3 is 2. The van der Waals surface area contributed by atoms with Crippen LogP contribution in [0.1, 0.15) is 87.9 Å². The second-order valence-corrected chi connectivity index (χ2v) is 20.5. The third-order valence-corrected chi connectivity index (χ3v) is 16.5. The highest BCUT2D eigenvalue weighted by Crippen LogP contribution is 2.58. The molecule has 4 N–H and O–H groups in total. The van der Waals surface area contributed by atoms with Crippen LogP contribution in [0.4, 0.5) is 9.59 Å². The number of imidazole rings is 2. The maximum Gasteiger partial charge on any atom is 0.407 e. The maximum absolute atomic E-state index is 14.4. The van der Waals surface area contributed by atoms with E-state index in [0.717, 1.165) is 107 Å². The molecule has 16 heteroatoms. The smallest absolute Gasteiger partial charge is 0.407 e. The van der Waals surface area contributed by atoms with Crippen molar-refractivity contribution in [1.82, 2.24) is 40.4 Å². The number of fused-ring (bicyclic) bond motifs is 3. The Morgan fingerprint density at radius 2 is 1.42 bits per heavy atom. The summed E-state index contributed by atoms with van der Waals surface area (Å²) in [4.78, 5) is 74.0. The van der Waals surface area contributed by atoms with Crippen LogP contribution in [0, 0.1) is 23.2 Å². The van der Waals surface area contributed by atoms with Gasteiger partial charge in [-0.25, -0.2) is 19.6 Å². The molecule has 6 fully saturated rings. The zero-order valence-electron chi connectivity index (χ0n) is 39.4. The predicted molar refractivity (Wildman–Crippen MR) is 257 cm³/mol. The molecule has 3 aromatic carbocycles. The molecule has 2 aromatic heterocycles. The Morgan fingerprint density at radius 1 is 0.797 bits per heavy atom. The van der Waals surface area contributed by atoms with Crippen LogP contribution in [0.3, 0.4) is 0 Å². The maximum atomic E-state index is 14.4. The quantitative estimate of drug-likeness (QED) is 0.0845. The van der Waals surface area contributed by atoms with E-state index >= 15 is 0 Å². The fraction of sp³-hybridized carbons (Fsp3) is 0.509. The fourth-order valence-corrected chi connectivity index (χ4v) is 12.5. The summed E-state index contributed by atoms with van der Waals surface area (Å²) in [5, 5.41) is 8.09. The first kappa shape index (κ1) is 45.3. The first-order valence-corrected chi connectivity index (χ1v) is 24.8. The Balaban J connectivity index is 0.781. The van der Waals surface area contributed by atoms with E-state index in [2.05, 4.69) is 86.2 Å². The summed E-state index contributed by atoms with van der Waals surface area (Å²) in [6.07, 6.45) is 12.4. The Bertz CT molecular complexity index is 2700. The Labute approximate surface area is 401 Å². The summed E-state index contributed by atoms with van der Waals surface area (Å²) in [6, 6.07) is 20.7. The molecule has 3 amide bonds. The Kier molecular flexibility index (Phi) is 12.3. The van der Waals surface area contributed by atoms with Gasteiger partial charge in [0.25, 0.3) is 0 Å². The molecule has 0 radical (unpaired) electrons. The Morgan fingerprint density at radius 3 is 2.12 bits per heavy atom. The standard InChI is InChI=1S/C53H62N8O8/c1-66-50(64)58-45(34-13-19-68-20-14-34)49(63)61-41-12-11-39(25-41)46(61)48-55-27-42(57-48)33-5-3-32(4-6-33)35-7-8-37-24-38(10-9-36(37)23-35)43-28-54-47(56-43)44-26-52(17-18-52)29-60(44)30-53(31-62,59-51(65)67-2)40-15-21-69-22-16-40/h3-10,23-24,27-28,31,34,39-41,44-46H,11-22,25-26,29-30H2,1-2H3,(H,54,56)(H,55,57)(H,58,64)(H,59,65)/t39-,41?,44-,45-,46-,53+/m0/s1. The van der Waals surface area contributed by atoms with Gasteiger partial charge in [0, 0.05) is 51.1 Å². The number of nitrogens with one attached hydrogen (secondary N) is 4. The van der Waals surface area contributed by atoms with Crippen molar-refractivity contribution >= 4 is 35.2 Å². The van der Waals surface area contributed by atoms with Crippen molar-refractivity contribution in [2.24, 2.45) is 23.2 Å². The minimum atomic E-state index is -1.10. The molecule has 2 saturated carbocycles. The van der Waals surface area contributed by atoms with Crippen molar-refractivity contribution in [2.45, 2.75) is 93.9 Å². The molecule has 6 heterocycles. The van der Waals surface area contributed by atoms with Crippen LogP contribution in [-0.4, -0.2) is 125 Å². The number of rotatable bonds is 13. The molecule has 4 aliphatic heterocycles. The molecule has 69 heavy (non-hydrogen) atoms. The number of hydrogen-bond donors (Lipinski definition) is 4. The number of aromatic amines is 2. The van der Waals surface area contributed by atoms with Crippen LogP contribution in [0.2, 0.25) is 0 Å². The molecule has 11 rings (SSSR count). The zero-order chi connectivity index (χ0) is 47.3. The molecule has 4 saturated heterocycles. The molecular formula is C53H62N8O8. The van der Waals surface area contributed by atoms with Gasteiger partial charge in [-0.1, -0.05) is 48.5 Å². The van der Waals surface area contributed by atoms with Gasteiger partial charge >= 0.3 is 12.2 Å².